The first-order valence-electron chi connectivity index (χ1n) is 5.15. The molecule has 16 heavy (non-hydrogen) atoms. The van der Waals surface area contributed by atoms with Crippen molar-refractivity contribution < 1.29 is 13.5 Å². The van der Waals surface area contributed by atoms with E-state index in [9.17, 15) is 8.78 Å². The van der Waals surface area contributed by atoms with Gasteiger partial charge in [0.15, 0.2) is 0 Å². The first-order valence-corrected chi connectivity index (χ1v) is 5.95. The van der Waals surface area contributed by atoms with Gasteiger partial charge in [0.05, 0.1) is 6.10 Å². The van der Waals surface area contributed by atoms with Gasteiger partial charge in [-0.05, 0) is 47.8 Å². The molecule has 1 heterocycles. The van der Waals surface area contributed by atoms with Crippen molar-refractivity contribution in [1.82, 2.24) is 4.98 Å². The van der Waals surface area contributed by atoms with Gasteiger partial charge in [-0.25, -0.2) is 0 Å². The van der Waals surface area contributed by atoms with E-state index in [0.29, 0.717) is 4.47 Å². The fourth-order valence-corrected chi connectivity index (χ4v) is 1.59. The number of pyridine rings is 1. The van der Waals surface area contributed by atoms with Crippen molar-refractivity contribution >= 4 is 15.9 Å². The first kappa shape index (κ1) is 11.9. The van der Waals surface area contributed by atoms with Gasteiger partial charge >= 0.3 is 5.92 Å². The number of hydrogen-bond acceptors (Lipinski definition) is 2. The van der Waals surface area contributed by atoms with Gasteiger partial charge in [0.2, 0.25) is 0 Å². The molecule has 1 atom stereocenters. The summed E-state index contributed by atoms with van der Waals surface area (Å²) in [5, 5.41) is 0. The Morgan fingerprint density at radius 2 is 2.19 bits per heavy atom. The smallest absolute Gasteiger partial charge is 0.314 e. The van der Waals surface area contributed by atoms with Gasteiger partial charge in [-0.3, -0.25) is 4.98 Å². The maximum absolute atomic E-state index is 13.9. The molecule has 0 amide bonds. The van der Waals surface area contributed by atoms with E-state index in [2.05, 4.69) is 20.9 Å². The van der Waals surface area contributed by atoms with Gasteiger partial charge in [-0.15, -0.1) is 0 Å². The van der Waals surface area contributed by atoms with Crippen LogP contribution in [0.25, 0.3) is 0 Å². The highest BCUT2D eigenvalue weighted by atomic mass is 79.9. The van der Waals surface area contributed by atoms with Crippen LogP contribution in [0.5, 0.6) is 0 Å². The van der Waals surface area contributed by atoms with Crippen LogP contribution in [-0.4, -0.2) is 17.2 Å². The molecule has 0 N–H and O–H groups in total. The number of halogens is 3. The fourth-order valence-electron chi connectivity index (χ4n) is 1.36. The summed E-state index contributed by atoms with van der Waals surface area (Å²) in [5.74, 6) is -3.04. The van der Waals surface area contributed by atoms with E-state index in [0.717, 1.165) is 12.8 Å². The Balaban J connectivity index is 2.12. The number of rotatable bonds is 4. The molecule has 2 rings (SSSR count). The quantitative estimate of drug-likeness (QED) is 0.847. The lowest BCUT2D eigenvalue weighted by Crippen LogP contribution is -2.32. The topological polar surface area (TPSA) is 22.1 Å². The molecule has 0 radical (unpaired) electrons. The monoisotopic (exact) mass is 291 g/mol. The van der Waals surface area contributed by atoms with Crippen LogP contribution in [0.2, 0.25) is 0 Å². The molecule has 1 unspecified atom stereocenters. The van der Waals surface area contributed by atoms with Crippen LogP contribution < -0.4 is 0 Å². The van der Waals surface area contributed by atoms with Crippen molar-refractivity contribution in [1.29, 1.82) is 0 Å². The normalized spacial score (nSPS) is 18.5. The van der Waals surface area contributed by atoms with E-state index < -0.39 is 12.0 Å². The minimum Gasteiger partial charge on any atom is -0.369 e. The third-order valence-corrected chi connectivity index (χ3v) is 2.97. The predicted octanol–water partition coefficient (Wildman–Crippen LogP) is 3.50. The van der Waals surface area contributed by atoms with Crippen LogP contribution in [0.1, 0.15) is 25.5 Å². The van der Waals surface area contributed by atoms with Crippen molar-refractivity contribution in [2.45, 2.75) is 37.9 Å². The van der Waals surface area contributed by atoms with E-state index in [1.54, 1.807) is 6.07 Å². The van der Waals surface area contributed by atoms with E-state index in [4.69, 9.17) is 4.74 Å². The van der Waals surface area contributed by atoms with Crippen LogP contribution in [0, 0.1) is 0 Å². The lowest BCUT2D eigenvalue weighted by atomic mass is 10.1. The van der Waals surface area contributed by atoms with Gasteiger partial charge in [-0.1, -0.05) is 0 Å². The summed E-state index contributed by atoms with van der Waals surface area (Å²) < 4.78 is 33.6. The summed E-state index contributed by atoms with van der Waals surface area (Å²) in [6.07, 6.45) is 2.01. The number of hydrogen-bond donors (Lipinski definition) is 0. The predicted molar refractivity (Wildman–Crippen MR) is 59.4 cm³/mol. The van der Waals surface area contributed by atoms with E-state index in [1.807, 2.05) is 0 Å². The van der Waals surface area contributed by atoms with Crippen molar-refractivity contribution in [3.8, 4) is 0 Å². The summed E-state index contributed by atoms with van der Waals surface area (Å²) in [6.45, 7) is 1.39. The molecule has 0 saturated heterocycles. The molecule has 88 valence electrons. The average Bonchev–Trinajstić information content (AvgIpc) is 3.02. The highest BCUT2D eigenvalue weighted by Gasteiger charge is 2.43. The van der Waals surface area contributed by atoms with Crippen LogP contribution in [0.4, 0.5) is 8.78 Å². The summed E-state index contributed by atoms with van der Waals surface area (Å²) in [5.41, 5.74) is -0.246. The maximum atomic E-state index is 13.9. The minimum absolute atomic E-state index is 0.0105. The van der Waals surface area contributed by atoms with E-state index in [1.165, 1.54) is 19.2 Å². The van der Waals surface area contributed by atoms with Crippen LogP contribution in [0.15, 0.2) is 22.8 Å². The molecule has 0 aliphatic heterocycles. The standard InChI is InChI=1S/C11H12BrF2NO/c1-7(16-9-3-4-9)11(13,14)10-5-2-8(12)6-15-10/h2,5-7,9H,3-4H2,1H3. The highest BCUT2D eigenvalue weighted by molar-refractivity contribution is 9.10. The van der Waals surface area contributed by atoms with E-state index >= 15 is 0 Å². The van der Waals surface area contributed by atoms with E-state index in [-0.39, 0.29) is 11.8 Å². The Labute approximate surface area is 101 Å². The largest absolute Gasteiger partial charge is 0.369 e. The van der Waals surface area contributed by atoms with Crippen molar-refractivity contribution in [3.63, 3.8) is 0 Å². The zero-order chi connectivity index (χ0) is 11.8. The zero-order valence-corrected chi connectivity index (χ0v) is 10.4. The Morgan fingerprint density at radius 3 is 2.69 bits per heavy atom. The van der Waals surface area contributed by atoms with Crippen molar-refractivity contribution in [3.05, 3.63) is 28.5 Å². The minimum atomic E-state index is -3.04. The third kappa shape index (κ3) is 2.58. The summed E-state index contributed by atoms with van der Waals surface area (Å²) in [6, 6.07) is 2.87. The molecule has 5 heteroatoms. The molecular formula is C11H12BrF2NO. The number of aromatic nitrogens is 1. The maximum Gasteiger partial charge on any atom is 0.314 e. The molecule has 1 aromatic heterocycles. The second-order valence-electron chi connectivity index (χ2n) is 3.96. The summed E-state index contributed by atoms with van der Waals surface area (Å²) in [7, 11) is 0. The number of ether oxygens (including phenoxy) is 1. The molecule has 1 aliphatic rings. The van der Waals surface area contributed by atoms with Crippen molar-refractivity contribution in [2.24, 2.45) is 0 Å². The third-order valence-electron chi connectivity index (χ3n) is 2.50. The Hall–Kier alpha value is -0.550. The van der Waals surface area contributed by atoms with Gasteiger partial charge in [0.25, 0.3) is 0 Å². The average molecular weight is 292 g/mol. The summed E-state index contributed by atoms with van der Waals surface area (Å²) >= 11 is 3.16. The molecule has 2 nitrogen and oxygen atoms in total. The second-order valence-corrected chi connectivity index (χ2v) is 4.88. The van der Waals surface area contributed by atoms with Gasteiger partial charge in [-0.2, -0.15) is 8.78 Å². The van der Waals surface area contributed by atoms with Crippen molar-refractivity contribution in [2.75, 3.05) is 0 Å². The van der Waals surface area contributed by atoms with Crippen LogP contribution in [-0.2, 0) is 10.7 Å². The number of nitrogens with zero attached hydrogens (tertiary/aromatic N) is 1. The fraction of sp³-hybridized carbons (Fsp3) is 0.545. The molecule has 1 aromatic rings. The number of alkyl halides is 2. The van der Waals surface area contributed by atoms with Gasteiger partial charge in [0.1, 0.15) is 11.8 Å². The molecule has 0 aromatic carbocycles. The lowest BCUT2D eigenvalue weighted by Gasteiger charge is -2.23. The van der Waals surface area contributed by atoms with Crippen LogP contribution >= 0.6 is 15.9 Å². The Morgan fingerprint density at radius 1 is 1.50 bits per heavy atom. The molecule has 1 saturated carbocycles. The molecular weight excluding hydrogens is 280 g/mol. The highest BCUT2D eigenvalue weighted by Crippen LogP contribution is 2.36. The lowest BCUT2D eigenvalue weighted by molar-refractivity contribution is -0.143. The Bertz CT molecular complexity index is 365. The Kier molecular flexibility index (Phi) is 3.26. The van der Waals surface area contributed by atoms with Gasteiger partial charge in [0, 0.05) is 10.7 Å². The molecule has 0 spiro atoms. The summed E-state index contributed by atoms with van der Waals surface area (Å²) in [4.78, 5) is 3.72. The SMILES string of the molecule is CC(OC1CC1)C(F)(F)c1ccc(Br)cn1. The molecule has 0 bridgehead atoms. The zero-order valence-electron chi connectivity index (χ0n) is 8.79. The van der Waals surface area contributed by atoms with Crippen LogP contribution in [0.3, 0.4) is 0 Å². The second kappa shape index (κ2) is 4.37. The molecule has 1 aliphatic carbocycles. The first-order chi connectivity index (χ1) is 7.50. The molecule has 1 fully saturated rings. The van der Waals surface area contributed by atoms with Gasteiger partial charge < -0.3 is 4.74 Å².